The maximum absolute atomic E-state index is 12.9. The van der Waals surface area contributed by atoms with Gasteiger partial charge in [0.15, 0.2) is 6.10 Å². The van der Waals surface area contributed by atoms with Gasteiger partial charge >= 0.3 is 0 Å². The molecule has 34 heavy (non-hydrogen) atoms. The van der Waals surface area contributed by atoms with Crippen molar-refractivity contribution in [2.45, 2.75) is 43.6 Å². The molecule has 1 amide bonds. The first kappa shape index (κ1) is 26.0. The normalized spacial score (nSPS) is 16.3. The van der Waals surface area contributed by atoms with E-state index in [4.69, 9.17) is 4.74 Å². The fourth-order valence-electron chi connectivity index (χ4n) is 3.57. The van der Waals surface area contributed by atoms with Crippen molar-refractivity contribution in [3.05, 3.63) is 48.5 Å². The lowest BCUT2D eigenvalue weighted by atomic mass is 10.2. The highest BCUT2D eigenvalue weighted by molar-refractivity contribution is 7.92. The molecule has 1 heterocycles. The highest BCUT2D eigenvalue weighted by Crippen LogP contribution is 2.23. The van der Waals surface area contributed by atoms with Crippen LogP contribution in [0.4, 0.5) is 11.4 Å². The van der Waals surface area contributed by atoms with Gasteiger partial charge in [0.1, 0.15) is 5.75 Å². The van der Waals surface area contributed by atoms with Crippen LogP contribution < -0.4 is 14.4 Å². The molecular weight excluding hydrogens is 478 g/mol. The Labute approximate surface area is 201 Å². The molecule has 11 heteroatoms. The van der Waals surface area contributed by atoms with E-state index in [1.165, 1.54) is 23.5 Å². The zero-order chi connectivity index (χ0) is 24.9. The van der Waals surface area contributed by atoms with E-state index >= 15 is 0 Å². The summed E-state index contributed by atoms with van der Waals surface area (Å²) < 4.78 is 57.4. The minimum absolute atomic E-state index is 0.204. The Morgan fingerprint density at radius 3 is 2.03 bits per heavy atom. The van der Waals surface area contributed by atoms with Crippen LogP contribution in [0, 0.1) is 0 Å². The van der Waals surface area contributed by atoms with Crippen LogP contribution in [0.1, 0.15) is 32.6 Å². The topological polar surface area (TPSA) is 113 Å². The third-order valence-corrected chi connectivity index (χ3v) is 8.82. The lowest BCUT2D eigenvalue weighted by Gasteiger charge is -2.20. The number of ether oxygens (including phenoxy) is 1. The van der Waals surface area contributed by atoms with Crippen LogP contribution in [0.15, 0.2) is 53.4 Å². The van der Waals surface area contributed by atoms with Crippen molar-refractivity contribution in [3.8, 4) is 5.75 Å². The standard InChI is InChI=1S/C23H31N3O6S2/c1-18(32-21-12-10-20(11-13-21)25(2)33(3,28)29)23(27)24-19-8-14-22(15-9-19)34(30,31)26-16-6-4-5-7-17-26/h8-15,18H,4-7,16-17H2,1-3H3,(H,24,27)/t18-/m0/s1. The smallest absolute Gasteiger partial charge is 0.265 e. The number of carbonyl (C=O) groups is 1. The first-order valence-electron chi connectivity index (χ1n) is 11.1. The third kappa shape index (κ3) is 6.49. The Balaban J connectivity index is 1.60. The fraction of sp³-hybridized carbons (Fsp3) is 0.435. The van der Waals surface area contributed by atoms with Crippen LogP contribution >= 0.6 is 0 Å². The molecule has 0 bridgehead atoms. The van der Waals surface area contributed by atoms with E-state index in [9.17, 15) is 21.6 Å². The van der Waals surface area contributed by atoms with Gasteiger partial charge in [-0.3, -0.25) is 9.10 Å². The number of benzene rings is 2. The van der Waals surface area contributed by atoms with Crippen LogP contribution in [-0.2, 0) is 24.8 Å². The molecule has 2 aromatic carbocycles. The van der Waals surface area contributed by atoms with Crippen LogP contribution in [0.3, 0.4) is 0 Å². The van der Waals surface area contributed by atoms with Crippen molar-refractivity contribution in [3.63, 3.8) is 0 Å². The number of hydrogen-bond acceptors (Lipinski definition) is 6. The van der Waals surface area contributed by atoms with Crippen molar-refractivity contribution in [2.24, 2.45) is 0 Å². The molecule has 1 aliphatic heterocycles. The predicted molar refractivity (Wildman–Crippen MR) is 132 cm³/mol. The van der Waals surface area contributed by atoms with Gasteiger partial charge in [0, 0.05) is 25.8 Å². The molecule has 2 aromatic rings. The number of carbonyl (C=O) groups excluding carboxylic acids is 1. The van der Waals surface area contributed by atoms with E-state index in [-0.39, 0.29) is 4.90 Å². The second-order valence-corrected chi connectivity index (χ2v) is 12.3. The summed E-state index contributed by atoms with van der Waals surface area (Å²) in [6.45, 7) is 2.65. The summed E-state index contributed by atoms with van der Waals surface area (Å²) in [5, 5.41) is 2.72. The summed E-state index contributed by atoms with van der Waals surface area (Å²) >= 11 is 0. The van der Waals surface area contributed by atoms with Crippen LogP contribution in [0.25, 0.3) is 0 Å². The second-order valence-electron chi connectivity index (χ2n) is 8.32. The highest BCUT2D eigenvalue weighted by atomic mass is 32.2. The highest BCUT2D eigenvalue weighted by Gasteiger charge is 2.25. The quantitative estimate of drug-likeness (QED) is 0.585. The number of nitrogens with zero attached hydrogens (tertiary/aromatic N) is 2. The average molecular weight is 510 g/mol. The van der Waals surface area contributed by atoms with E-state index in [2.05, 4.69) is 5.32 Å². The van der Waals surface area contributed by atoms with E-state index in [0.29, 0.717) is 30.2 Å². The molecule has 0 aromatic heterocycles. The van der Waals surface area contributed by atoms with Crippen LogP contribution in [0.5, 0.6) is 5.75 Å². The van der Waals surface area contributed by atoms with E-state index < -0.39 is 32.1 Å². The molecule has 0 unspecified atom stereocenters. The molecule has 1 N–H and O–H groups in total. The summed E-state index contributed by atoms with van der Waals surface area (Å²) in [5.74, 6) is 0.00708. The van der Waals surface area contributed by atoms with Gasteiger partial charge in [-0.05, 0) is 68.3 Å². The van der Waals surface area contributed by atoms with Gasteiger partial charge in [-0.1, -0.05) is 12.8 Å². The molecule has 1 atom stereocenters. The molecule has 3 rings (SSSR count). The van der Waals surface area contributed by atoms with Crippen molar-refractivity contribution in [1.82, 2.24) is 4.31 Å². The van der Waals surface area contributed by atoms with Gasteiger partial charge in [-0.15, -0.1) is 0 Å². The van der Waals surface area contributed by atoms with E-state index in [1.807, 2.05) is 0 Å². The van der Waals surface area contributed by atoms with Gasteiger partial charge in [0.05, 0.1) is 16.8 Å². The average Bonchev–Trinajstić information content (AvgIpc) is 3.09. The van der Waals surface area contributed by atoms with Gasteiger partial charge in [0.25, 0.3) is 5.91 Å². The molecule has 0 radical (unpaired) electrons. The zero-order valence-electron chi connectivity index (χ0n) is 19.6. The summed E-state index contributed by atoms with van der Waals surface area (Å²) in [5.41, 5.74) is 0.933. The maximum Gasteiger partial charge on any atom is 0.265 e. The lowest BCUT2D eigenvalue weighted by Crippen LogP contribution is -2.32. The van der Waals surface area contributed by atoms with Crippen LogP contribution in [-0.4, -0.2) is 59.5 Å². The van der Waals surface area contributed by atoms with Crippen molar-refractivity contribution >= 4 is 37.3 Å². The van der Waals surface area contributed by atoms with E-state index in [0.717, 1.165) is 36.2 Å². The summed E-state index contributed by atoms with van der Waals surface area (Å²) in [4.78, 5) is 12.7. The minimum atomic E-state index is -3.55. The number of amides is 1. The Bertz CT molecular complexity index is 1190. The van der Waals surface area contributed by atoms with Crippen LogP contribution in [0.2, 0.25) is 0 Å². The Hall–Kier alpha value is -2.63. The minimum Gasteiger partial charge on any atom is -0.481 e. The van der Waals surface area contributed by atoms with E-state index in [1.54, 1.807) is 43.3 Å². The Morgan fingerprint density at radius 2 is 1.50 bits per heavy atom. The Kier molecular flexibility index (Phi) is 8.21. The number of sulfonamides is 2. The second kappa shape index (κ2) is 10.7. The molecule has 0 spiro atoms. The van der Waals surface area contributed by atoms with Gasteiger partial charge in [0.2, 0.25) is 20.0 Å². The SMILES string of the molecule is C[C@H](Oc1ccc(N(C)S(C)(=O)=O)cc1)C(=O)Nc1ccc(S(=O)(=O)N2CCCCCC2)cc1. The number of hydrogen-bond donors (Lipinski definition) is 1. The largest absolute Gasteiger partial charge is 0.481 e. The predicted octanol–water partition coefficient (Wildman–Crippen LogP) is 3.05. The molecule has 1 aliphatic rings. The number of anilines is 2. The monoisotopic (exact) mass is 509 g/mol. The third-order valence-electron chi connectivity index (χ3n) is 5.70. The van der Waals surface area contributed by atoms with Gasteiger partial charge in [-0.2, -0.15) is 4.31 Å². The number of rotatable bonds is 8. The molecule has 0 aliphatic carbocycles. The maximum atomic E-state index is 12.9. The fourth-order valence-corrected chi connectivity index (χ4v) is 5.59. The Morgan fingerprint density at radius 1 is 0.941 bits per heavy atom. The molecule has 186 valence electrons. The zero-order valence-corrected chi connectivity index (χ0v) is 21.2. The van der Waals surface area contributed by atoms with Crippen molar-refractivity contribution in [2.75, 3.05) is 36.0 Å². The summed E-state index contributed by atoms with van der Waals surface area (Å²) in [7, 11) is -5.47. The number of nitrogens with one attached hydrogen (secondary N) is 1. The first-order chi connectivity index (χ1) is 16.0. The summed E-state index contributed by atoms with van der Waals surface area (Å²) in [6, 6.07) is 12.5. The molecular formula is C23H31N3O6S2. The first-order valence-corrected chi connectivity index (χ1v) is 14.4. The lowest BCUT2D eigenvalue weighted by molar-refractivity contribution is -0.122. The van der Waals surface area contributed by atoms with Crippen molar-refractivity contribution < 1.29 is 26.4 Å². The molecule has 9 nitrogen and oxygen atoms in total. The molecule has 0 saturated carbocycles. The van der Waals surface area contributed by atoms with Crippen molar-refractivity contribution in [1.29, 1.82) is 0 Å². The molecule has 1 saturated heterocycles. The van der Waals surface area contributed by atoms with Gasteiger partial charge in [-0.25, -0.2) is 16.8 Å². The molecule has 1 fully saturated rings. The van der Waals surface area contributed by atoms with Gasteiger partial charge < -0.3 is 10.1 Å². The summed E-state index contributed by atoms with van der Waals surface area (Å²) in [6.07, 6.45) is 4.09.